The highest BCUT2D eigenvalue weighted by Gasteiger charge is 2.32. The molecule has 0 bridgehead atoms. The van der Waals surface area contributed by atoms with E-state index in [-0.39, 0.29) is 5.75 Å². The molecule has 0 spiro atoms. The number of nitrogen functional groups attached to an aromatic ring is 1. The average Bonchev–Trinajstić information content (AvgIpc) is 2.78. The van der Waals surface area contributed by atoms with Crippen LogP contribution in [-0.4, -0.2) is 23.9 Å². The van der Waals surface area contributed by atoms with E-state index in [9.17, 15) is 13.2 Å². The summed E-state index contributed by atoms with van der Waals surface area (Å²) in [5.41, 5.74) is 9.45. The molecule has 0 atom stereocenters. The molecule has 2 aromatic carbocycles. The van der Waals surface area contributed by atoms with Crippen molar-refractivity contribution in [3.63, 3.8) is 0 Å². The first-order valence-electron chi connectivity index (χ1n) is 11.3. The van der Waals surface area contributed by atoms with Crippen LogP contribution in [0.25, 0.3) is 10.9 Å². The van der Waals surface area contributed by atoms with Gasteiger partial charge in [-0.3, -0.25) is 0 Å². The van der Waals surface area contributed by atoms with Crippen molar-refractivity contribution in [2.75, 3.05) is 17.6 Å². The Bertz CT molecular complexity index is 1090. The maximum Gasteiger partial charge on any atom is 0.573 e. The van der Waals surface area contributed by atoms with Crippen molar-refractivity contribution in [1.82, 2.24) is 10.3 Å². The predicted molar refractivity (Wildman–Crippen MR) is 125 cm³/mol. The van der Waals surface area contributed by atoms with Gasteiger partial charge in [0.05, 0.1) is 5.52 Å². The first-order valence-corrected chi connectivity index (χ1v) is 11.3. The second-order valence-electron chi connectivity index (χ2n) is 8.66. The van der Waals surface area contributed by atoms with Crippen molar-refractivity contribution < 1.29 is 17.9 Å². The molecule has 1 saturated carbocycles. The minimum Gasteiger partial charge on any atom is -0.405 e. The van der Waals surface area contributed by atoms with Crippen molar-refractivity contribution in [1.29, 1.82) is 0 Å². The summed E-state index contributed by atoms with van der Waals surface area (Å²) in [6, 6.07) is 14.5. The van der Waals surface area contributed by atoms with Crippen molar-refractivity contribution >= 4 is 22.4 Å². The van der Waals surface area contributed by atoms with Crippen LogP contribution in [0.2, 0.25) is 0 Å². The van der Waals surface area contributed by atoms with Gasteiger partial charge in [0, 0.05) is 34.8 Å². The van der Waals surface area contributed by atoms with Gasteiger partial charge in [-0.1, -0.05) is 36.4 Å². The number of ether oxygens (including phenoxy) is 1. The molecule has 1 aliphatic rings. The third-order valence-electron chi connectivity index (χ3n) is 6.32. The minimum atomic E-state index is -4.69. The van der Waals surface area contributed by atoms with Gasteiger partial charge in [-0.05, 0) is 57.2 Å². The first kappa shape index (κ1) is 23.2. The summed E-state index contributed by atoms with van der Waals surface area (Å²) in [6.45, 7) is 3.09. The summed E-state index contributed by atoms with van der Waals surface area (Å²) < 4.78 is 41.9. The molecule has 3 aromatic rings. The fraction of sp³-hybridized carbons (Fsp3) is 0.400. The van der Waals surface area contributed by atoms with E-state index in [0.29, 0.717) is 24.1 Å². The lowest BCUT2D eigenvalue weighted by atomic mass is 9.86. The lowest BCUT2D eigenvalue weighted by molar-refractivity contribution is -0.274. The third kappa shape index (κ3) is 5.87. The number of halogens is 3. The van der Waals surface area contributed by atoms with Crippen LogP contribution in [0, 0.1) is 12.8 Å². The number of anilines is 2. The molecule has 4 rings (SSSR count). The zero-order chi connectivity index (χ0) is 23.4. The number of para-hydroxylation sites is 2. The molecular weight excluding hydrogens is 429 g/mol. The number of rotatable bonds is 7. The minimum absolute atomic E-state index is 0.150. The van der Waals surface area contributed by atoms with E-state index in [2.05, 4.69) is 15.4 Å². The van der Waals surface area contributed by atoms with Gasteiger partial charge in [0.25, 0.3) is 0 Å². The average molecular weight is 459 g/mol. The van der Waals surface area contributed by atoms with Gasteiger partial charge >= 0.3 is 6.36 Å². The molecule has 5 nitrogen and oxygen atoms in total. The number of hydrogen-bond acceptors (Lipinski definition) is 5. The van der Waals surface area contributed by atoms with Crippen LogP contribution in [0.1, 0.15) is 36.8 Å². The number of pyridine rings is 1. The second kappa shape index (κ2) is 9.87. The molecule has 8 heteroatoms. The zero-order valence-corrected chi connectivity index (χ0v) is 18.6. The largest absolute Gasteiger partial charge is 0.573 e. The Labute approximate surface area is 191 Å². The molecule has 0 amide bonds. The molecule has 1 heterocycles. The molecule has 4 N–H and O–H groups in total. The van der Waals surface area contributed by atoms with Crippen molar-refractivity contribution in [2.24, 2.45) is 5.92 Å². The van der Waals surface area contributed by atoms with E-state index in [0.717, 1.165) is 60.2 Å². The molecule has 0 unspecified atom stereocenters. The van der Waals surface area contributed by atoms with E-state index in [1.807, 2.05) is 31.2 Å². The summed E-state index contributed by atoms with van der Waals surface area (Å²) in [4.78, 5) is 4.77. The summed E-state index contributed by atoms with van der Waals surface area (Å²) >= 11 is 0. The predicted octanol–water partition coefficient (Wildman–Crippen LogP) is 5.78. The third-order valence-corrected chi connectivity index (χ3v) is 6.32. The number of fused-ring (bicyclic) bond motifs is 1. The zero-order valence-electron chi connectivity index (χ0n) is 18.6. The maximum absolute atomic E-state index is 12.6. The number of alkyl halides is 3. The van der Waals surface area contributed by atoms with Crippen LogP contribution < -0.4 is 21.1 Å². The fourth-order valence-corrected chi connectivity index (χ4v) is 4.46. The molecular formula is C25H29F3N4O. The van der Waals surface area contributed by atoms with Gasteiger partial charge in [-0.15, -0.1) is 13.2 Å². The number of aromatic nitrogens is 1. The van der Waals surface area contributed by atoms with Gasteiger partial charge in [0.15, 0.2) is 0 Å². The van der Waals surface area contributed by atoms with Gasteiger partial charge in [-0.25, -0.2) is 4.98 Å². The van der Waals surface area contributed by atoms with E-state index in [1.54, 1.807) is 18.2 Å². The number of nitrogens with two attached hydrogens (primary N) is 1. The molecule has 0 aliphatic heterocycles. The van der Waals surface area contributed by atoms with E-state index in [1.165, 1.54) is 6.07 Å². The van der Waals surface area contributed by atoms with Crippen LogP contribution in [0.15, 0.2) is 48.5 Å². The van der Waals surface area contributed by atoms with Crippen molar-refractivity contribution in [3.8, 4) is 5.75 Å². The SMILES string of the molecule is Cc1c(NC2CCC(CNCc3ccccc3OC(F)(F)F)CC2)nc2ccccc2c1N. The summed E-state index contributed by atoms with van der Waals surface area (Å²) in [7, 11) is 0. The second-order valence-corrected chi connectivity index (χ2v) is 8.66. The number of hydrogen-bond donors (Lipinski definition) is 3. The molecule has 1 fully saturated rings. The maximum atomic E-state index is 12.6. The van der Waals surface area contributed by atoms with Gasteiger partial charge in [0.1, 0.15) is 11.6 Å². The quantitative estimate of drug-likeness (QED) is 0.418. The highest BCUT2D eigenvalue weighted by Crippen LogP contribution is 2.31. The molecule has 1 aliphatic carbocycles. The molecule has 33 heavy (non-hydrogen) atoms. The molecule has 176 valence electrons. The lowest BCUT2D eigenvalue weighted by Crippen LogP contribution is -2.31. The van der Waals surface area contributed by atoms with E-state index in [4.69, 9.17) is 10.7 Å². The molecule has 1 aromatic heterocycles. The van der Waals surface area contributed by atoms with E-state index < -0.39 is 6.36 Å². The normalized spacial score (nSPS) is 18.9. The topological polar surface area (TPSA) is 72.2 Å². The summed E-state index contributed by atoms with van der Waals surface area (Å²) in [5, 5.41) is 7.85. The highest BCUT2D eigenvalue weighted by molar-refractivity contribution is 5.94. The van der Waals surface area contributed by atoms with Crippen LogP contribution in [0.5, 0.6) is 5.75 Å². The Morgan fingerprint density at radius 2 is 1.73 bits per heavy atom. The highest BCUT2D eigenvalue weighted by atomic mass is 19.4. The number of nitrogens with one attached hydrogen (secondary N) is 2. The molecule has 0 saturated heterocycles. The standard InChI is InChI=1S/C25H29F3N4O/c1-16-23(29)20-7-3-4-8-21(20)32-24(16)31-19-12-10-17(11-13-19)14-30-15-18-6-2-5-9-22(18)33-25(26,27)28/h2-9,17,19,30H,10-15H2,1H3,(H3,29,31,32). The smallest absolute Gasteiger partial charge is 0.405 e. The monoisotopic (exact) mass is 458 g/mol. The lowest BCUT2D eigenvalue weighted by Gasteiger charge is -2.30. The van der Waals surface area contributed by atoms with Crippen LogP contribution >= 0.6 is 0 Å². The van der Waals surface area contributed by atoms with Gasteiger partial charge in [-0.2, -0.15) is 0 Å². The Morgan fingerprint density at radius 3 is 2.48 bits per heavy atom. The van der Waals surface area contributed by atoms with Gasteiger partial charge < -0.3 is 21.1 Å². The number of nitrogens with zero attached hydrogens (tertiary/aromatic N) is 1. The Kier molecular flexibility index (Phi) is 6.93. The fourth-order valence-electron chi connectivity index (χ4n) is 4.46. The Balaban J connectivity index is 1.28. The Hall–Kier alpha value is -3.00. The van der Waals surface area contributed by atoms with Crippen molar-refractivity contribution in [3.05, 3.63) is 59.7 Å². The first-order chi connectivity index (χ1) is 15.8. The van der Waals surface area contributed by atoms with E-state index >= 15 is 0 Å². The Morgan fingerprint density at radius 1 is 1.03 bits per heavy atom. The van der Waals surface area contributed by atoms with Crippen LogP contribution in [-0.2, 0) is 6.54 Å². The molecule has 0 radical (unpaired) electrons. The van der Waals surface area contributed by atoms with Crippen LogP contribution in [0.3, 0.4) is 0 Å². The summed E-state index contributed by atoms with van der Waals surface area (Å²) in [5.74, 6) is 1.17. The van der Waals surface area contributed by atoms with Gasteiger partial charge in [0.2, 0.25) is 0 Å². The summed E-state index contributed by atoms with van der Waals surface area (Å²) in [6.07, 6.45) is -0.604. The number of benzene rings is 2. The van der Waals surface area contributed by atoms with Crippen molar-refractivity contribution in [2.45, 2.75) is 51.6 Å². The van der Waals surface area contributed by atoms with Crippen LogP contribution in [0.4, 0.5) is 24.7 Å².